The minimum absolute atomic E-state index is 0.898. The van der Waals surface area contributed by atoms with Crippen LogP contribution in [0.25, 0.3) is 64.0 Å². The van der Waals surface area contributed by atoms with E-state index in [0.717, 1.165) is 33.3 Å². The first-order valence-corrected chi connectivity index (χ1v) is 15.3. The Kier molecular flexibility index (Phi) is 5.40. The van der Waals surface area contributed by atoms with Crippen LogP contribution in [-0.2, 0) is 0 Å². The Morgan fingerprint density at radius 1 is 0.465 bits per heavy atom. The highest BCUT2D eigenvalue weighted by atomic mass is 32.1. The summed E-state index contributed by atoms with van der Waals surface area (Å²) in [5.74, 6) is 0. The van der Waals surface area contributed by atoms with E-state index in [1.807, 2.05) is 23.5 Å². The maximum atomic E-state index is 6.21. The monoisotopic (exact) mass is 567 g/mol. The Morgan fingerprint density at radius 2 is 1.12 bits per heavy atom. The predicted molar refractivity (Wildman–Crippen MR) is 184 cm³/mol. The van der Waals surface area contributed by atoms with E-state index < -0.39 is 0 Å². The van der Waals surface area contributed by atoms with Crippen LogP contribution in [0.2, 0.25) is 0 Å². The summed E-state index contributed by atoms with van der Waals surface area (Å²) in [5.41, 5.74) is 7.60. The van der Waals surface area contributed by atoms with Gasteiger partial charge in [0.05, 0.1) is 10.4 Å². The number of para-hydroxylation sites is 1. The number of hydrogen-bond acceptors (Lipinski definition) is 3. The van der Waals surface area contributed by atoms with Gasteiger partial charge in [-0.1, -0.05) is 103 Å². The highest BCUT2D eigenvalue weighted by Gasteiger charge is 2.21. The summed E-state index contributed by atoms with van der Waals surface area (Å²) in [5, 5.41) is 7.38. The van der Waals surface area contributed by atoms with Crippen LogP contribution < -0.4 is 4.90 Å². The van der Waals surface area contributed by atoms with Gasteiger partial charge in [-0.25, -0.2) is 0 Å². The molecule has 0 radical (unpaired) electrons. The molecule has 2 heterocycles. The molecule has 0 aliphatic rings. The van der Waals surface area contributed by atoms with Gasteiger partial charge in [0.2, 0.25) is 0 Å². The molecule has 9 rings (SSSR count). The van der Waals surface area contributed by atoms with E-state index >= 15 is 0 Å². The van der Waals surface area contributed by atoms with Crippen LogP contribution >= 0.6 is 11.3 Å². The molecule has 0 saturated carbocycles. The van der Waals surface area contributed by atoms with Crippen molar-refractivity contribution in [3.8, 4) is 11.1 Å². The van der Waals surface area contributed by atoms with Crippen LogP contribution in [0.3, 0.4) is 0 Å². The standard InChI is InChI=1S/C40H25NOS/c1-2-10-26(11-3-1)27-18-20-29(21-19-27)41(30-22-23-37-34(25-30)32-14-6-8-16-36(32)42-37)35-24-28-12-4-5-13-31(28)39-33-15-7-9-17-38(33)43-40(35)39/h1-25H. The summed E-state index contributed by atoms with van der Waals surface area (Å²) < 4.78 is 8.79. The molecule has 9 aromatic rings. The minimum Gasteiger partial charge on any atom is -0.456 e. The van der Waals surface area contributed by atoms with Crippen molar-refractivity contribution in [2.75, 3.05) is 4.90 Å². The van der Waals surface area contributed by atoms with E-state index in [9.17, 15) is 0 Å². The molecule has 202 valence electrons. The average molecular weight is 568 g/mol. The van der Waals surface area contributed by atoms with E-state index in [1.165, 1.54) is 47.8 Å². The van der Waals surface area contributed by atoms with Crippen molar-refractivity contribution in [2.45, 2.75) is 0 Å². The molecule has 0 aliphatic carbocycles. The summed E-state index contributed by atoms with van der Waals surface area (Å²) in [7, 11) is 0. The Hall–Kier alpha value is -5.38. The van der Waals surface area contributed by atoms with Crippen molar-refractivity contribution in [2.24, 2.45) is 0 Å². The van der Waals surface area contributed by atoms with Crippen LogP contribution in [0.5, 0.6) is 0 Å². The highest BCUT2D eigenvalue weighted by molar-refractivity contribution is 7.26. The van der Waals surface area contributed by atoms with Crippen LogP contribution in [0.4, 0.5) is 17.1 Å². The van der Waals surface area contributed by atoms with E-state index in [1.54, 1.807) is 0 Å². The molecule has 43 heavy (non-hydrogen) atoms. The highest BCUT2D eigenvalue weighted by Crippen LogP contribution is 2.48. The molecule has 0 fully saturated rings. The molecule has 0 bridgehead atoms. The first-order valence-electron chi connectivity index (χ1n) is 14.5. The van der Waals surface area contributed by atoms with E-state index in [0.29, 0.717) is 0 Å². The lowest BCUT2D eigenvalue weighted by Crippen LogP contribution is -2.10. The zero-order chi connectivity index (χ0) is 28.3. The summed E-state index contributed by atoms with van der Waals surface area (Å²) in [4.78, 5) is 2.42. The number of benzene rings is 7. The summed E-state index contributed by atoms with van der Waals surface area (Å²) in [6.07, 6.45) is 0. The van der Waals surface area contributed by atoms with Gasteiger partial charge < -0.3 is 9.32 Å². The Bertz CT molecular complexity index is 2450. The van der Waals surface area contributed by atoms with Crippen molar-refractivity contribution in [1.29, 1.82) is 0 Å². The maximum absolute atomic E-state index is 6.21. The largest absolute Gasteiger partial charge is 0.456 e. The first-order chi connectivity index (χ1) is 21.3. The molecule has 0 amide bonds. The average Bonchev–Trinajstić information content (AvgIpc) is 3.65. The lowest BCUT2D eigenvalue weighted by Gasteiger charge is -2.27. The second-order valence-corrected chi connectivity index (χ2v) is 12.0. The number of rotatable bonds is 4. The van der Waals surface area contributed by atoms with Crippen molar-refractivity contribution < 1.29 is 4.42 Å². The number of hydrogen-bond donors (Lipinski definition) is 0. The molecule has 0 saturated heterocycles. The fraction of sp³-hybridized carbons (Fsp3) is 0. The second kappa shape index (κ2) is 9.59. The number of thiophene rings is 1. The van der Waals surface area contributed by atoms with Gasteiger partial charge in [-0.3, -0.25) is 0 Å². The van der Waals surface area contributed by atoms with Crippen molar-refractivity contribution >= 4 is 81.3 Å². The molecule has 3 heteroatoms. The summed E-state index contributed by atoms with van der Waals surface area (Å²) >= 11 is 1.87. The molecule has 0 unspecified atom stereocenters. The van der Waals surface area contributed by atoms with Gasteiger partial charge in [-0.05, 0) is 70.4 Å². The third-order valence-electron chi connectivity index (χ3n) is 8.44. The van der Waals surface area contributed by atoms with E-state index in [-0.39, 0.29) is 0 Å². The van der Waals surface area contributed by atoms with E-state index in [2.05, 4.69) is 144 Å². The molecule has 0 atom stereocenters. The number of furan rings is 1. The molecule has 0 spiro atoms. The molecule has 0 N–H and O–H groups in total. The Balaban J connectivity index is 1.34. The lowest BCUT2D eigenvalue weighted by atomic mass is 10.0. The number of nitrogens with zero attached hydrogens (tertiary/aromatic N) is 1. The molecule has 2 aromatic heterocycles. The SMILES string of the molecule is c1ccc(-c2ccc(N(c3ccc4oc5ccccc5c4c3)c3cc4ccccc4c4c3sc3ccccc34)cc2)cc1. The number of anilines is 3. The van der Waals surface area contributed by atoms with Crippen molar-refractivity contribution in [1.82, 2.24) is 0 Å². The third kappa shape index (κ3) is 3.86. The van der Waals surface area contributed by atoms with E-state index in [4.69, 9.17) is 4.42 Å². The Labute approximate surface area is 252 Å². The summed E-state index contributed by atoms with van der Waals surface area (Å²) in [6, 6.07) is 54.3. The zero-order valence-electron chi connectivity index (χ0n) is 23.2. The third-order valence-corrected chi connectivity index (χ3v) is 9.64. The normalized spacial score (nSPS) is 11.7. The van der Waals surface area contributed by atoms with Crippen molar-refractivity contribution in [3.63, 3.8) is 0 Å². The van der Waals surface area contributed by atoms with Crippen molar-refractivity contribution in [3.05, 3.63) is 152 Å². The first kappa shape index (κ1) is 24.2. The van der Waals surface area contributed by atoms with Gasteiger partial charge in [0.25, 0.3) is 0 Å². The Morgan fingerprint density at radius 3 is 1.98 bits per heavy atom. The number of fused-ring (bicyclic) bond motifs is 8. The van der Waals surface area contributed by atoms with Crippen LogP contribution in [-0.4, -0.2) is 0 Å². The van der Waals surface area contributed by atoms with Gasteiger partial charge in [0, 0.05) is 37.6 Å². The van der Waals surface area contributed by atoms with Crippen LogP contribution in [0.1, 0.15) is 0 Å². The van der Waals surface area contributed by atoms with Gasteiger partial charge in [0.1, 0.15) is 11.2 Å². The molecule has 2 nitrogen and oxygen atoms in total. The summed E-state index contributed by atoms with van der Waals surface area (Å²) in [6.45, 7) is 0. The van der Waals surface area contributed by atoms with Gasteiger partial charge in [0.15, 0.2) is 0 Å². The van der Waals surface area contributed by atoms with Gasteiger partial charge in [-0.15, -0.1) is 11.3 Å². The smallest absolute Gasteiger partial charge is 0.135 e. The quantitative estimate of drug-likeness (QED) is 0.210. The minimum atomic E-state index is 0.898. The van der Waals surface area contributed by atoms with Crippen LogP contribution in [0.15, 0.2) is 156 Å². The van der Waals surface area contributed by atoms with Crippen LogP contribution in [0, 0.1) is 0 Å². The lowest BCUT2D eigenvalue weighted by molar-refractivity contribution is 0.669. The van der Waals surface area contributed by atoms with Gasteiger partial charge >= 0.3 is 0 Å². The fourth-order valence-corrected chi connectivity index (χ4v) is 7.66. The molecule has 0 aliphatic heterocycles. The van der Waals surface area contributed by atoms with Gasteiger partial charge in [-0.2, -0.15) is 0 Å². The maximum Gasteiger partial charge on any atom is 0.135 e. The molecular formula is C40H25NOS. The molecular weight excluding hydrogens is 543 g/mol. The topological polar surface area (TPSA) is 16.4 Å². The fourth-order valence-electron chi connectivity index (χ4n) is 6.44. The predicted octanol–water partition coefficient (Wildman–Crippen LogP) is 12.2. The molecule has 7 aromatic carbocycles. The second-order valence-electron chi connectivity index (χ2n) is 10.9. The zero-order valence-corrected chi connectivity index (χ0v) is 24.0.